The smallest absolute Gasteiger partial charge is 0.120 e. The number of nitrogens with one attached hydrogen (secondary N) is 1. The Kier molecular flexibility index (Phi) is 5.27. The zero-order valence-electron chi connectivity index (χ0n) is 17.3. The van der Waals surface area contributed by atoms with E-state index in [9.17, 15) is 5.26 Å². The molecule has 4 aliphatic carbocycles. The van der Waals surface area contributed by atoms with E-state index in [1.165, 1.54) is 48.4 Å². The van der Waals surface area contributed by atoms with Gasteiger partial charge in [0.1, 0.15) is 11.4 Å². The molecule has 2 aromatic carbocycles. The first-order valence-electron chi connectivity index (χ1n) is 11.4. The van der Waals surface area contributed by atoms with Crippen molar-refractivity contribution in [1.82, 2.24) is 5.32 Å². The van der Waals surface area contributed by atoms with Gasteiger partial charge in [-0.3, -0.25) is 5.26 Å². The van der Waals surface area contributed by atoms with E-state index in [-0.39, 0.29) is 11.1 Å². The van der Waals surface area contributed by atoms with Crippen molar-refractivity contribution in [1.29, 1.82) is 0 Å². The topological polar surface area (TPSA) is 50.7 Å². The molecule has 0 aliphatic heterocycles. The van der Waals surface area contributed by atoms with E-state index in [0.717, 1.165) is 50.8 Å². The minimum Gasteiger partial charge on any atom is -0.490 e. The van der Waals surface area contributed by atoms with Gasteiger partial charge in [-0.15, -0.1) is 0 Å². The van der Waals surface area contributed by atoms with Crippen LogP contribution in [0.1, 0.15) is 76.2 Å². The molecule has 2 N–H and O–H groups in total. The highest BCUT2D eigenvalue weighted by Gasteiger charge is 2.49. The molecule has 0 aromatic heterocycles. The van der Waals surface area contributed by atoms with E-state index in [1.54, 1.807) is 0 Å². The monoisotopic (exact) mass is 395 g/mol. The standard InChI is InChI=1S/C25H33NO3/c27-29-25-13-10-24(11-14-25,12-15-25)26-18-19-6-7-21-17-23(9-8-20(21)16-19)28-22-4-2-1-3-5-22/h6-9,16-17,22,26-27H,1-5,10-15,18H2. The van der Waals surface area contributed by atoms with E-state index in [0.29, 0.717) is 6.10 Å². The maximum absolute atomic E-state index is 9.24. The normalized spacial score (nSPS) is 30.0. The van der Waals surface area contributed by atoms with Crippen LogP contribution in [0.3, 0.4) is 0 Å². The summed E-state index contributed by atoms with van der Waals surface area (Å²) in [7, 11) is 0. The van der Waals surface area contributed by atoms with Gasteiger partial charge in [0, 0.05) is 12.1 Å². The van der Waals surface area contributed by atoms with Gasteiger partial charge in [-0.25, -0.2) is 4.89 Å². The van der Waals surface area contributed by atoms with Crippen LogP contribution in [0.2, 0.25) is 0 Å². The van der Waals surface area contributed by atoms with E-state index >= 15 is 0 Å². The largest absolute Gasteiger partial charge is 0.490 e. The number of rotatable bonds is 6. The molecule has 4 aliphatic rings. The SMILES string of the molecule is OOC12CCC(NCc3ccc4cc(OC5CCCCC5)ccc4c3)(CC1)CC2. The Bertz CT molecular complexity index is 834. The van der Waals surface area contributed by atoms with Gasteiger partial charge in [-0.2, -0.15) is 0 Å². The summed E-state index contributed by atoms with van der Waals surface area (Å²) >= 11 is 0. The van der Waals surface area contributed by atoms with Crippen molar-refractivity contribution in [3.8, 4) is 5.75 Å². The van der Waals surface area contributed by atoms with Crippen LogP contribution in [0, 0.1) is 0 Å². The molecule has 0 saturated heterocycles. The highest BCUT2D eigenvalue weighted by atomic mass is 17.1. The van der Waals surface area contributed by atoms with Crippen molar-refractivity contribution >= 4 is 10.8 Å². The van der Waals surface area contributed by atoms with Crippen LogP contribution in [0.5, 0.6) is 5.75 Å². The fraction of sp³-hybridized carbons (Fsp3) is 0.600. The summed E-state index contributed by atoms with van der Waals surface area (Å²) in [6.45, 7) is 0.892. The lowest BCUT2D eigenvalue weighted by Gasteiger charge is -2.52. The highest BCUT2D eigenvalue weighted by molar-refractivity contribution is 5.84. The molecule has 2 bridgehead atoms. The minimum atomic E-state index is -0.260. The number of ether oxygens (including phenoxy) is 1. The Balaban J connectivity index is 1.23. The zero-order valence-corrected chi connectivity index (χ0v) is 17.3. The molecule has 0 amide bonds. The van der Waals surface area contributed by atoms with Gasteiger partial charge in [0.15, 0.2) is 0 Å². The predicted octanol–water partition coefficient (Wildman–Crippen LogP) is 5.98. The average Bonchev–Trinajstić information content (AvgIpc) is 2.80. The molecule has 0 radical (unpaired) electrons. The lowest BCUT2D eigenvalue weighted by molar-refractivity contribution is -0.343. The van der Waals surface area contributed by atoms with Gasteiger partial charge in [0.05, 0.1) is 6.10 Å². The summed E-state index contributed by atoms with van der Waals surface area (Å²) in [5, 5.41) is 15.6. The zero-order chi connectivity index (χ0) is 19.7. The fourth-order valence-corrected chi connectivity index (χ4v) is 5.67. The Morgan fingerprint density at radius 3 is 2.28 bits per heavy atom. The van der Waals surface area contributed by atoms with Gasteiger partial charge in [0.2, 0.25) is 0 Å². The summed E-state index contributed by atoms with van der Waals surface area (Å²) in [5.41, 5.74) is 1.28. The molecule has 156 valence electrons. The maximum Gasteiger partial charge on any atom is 0.120 e. The lowest BCUT2D eigenvalue weighted by atomic mass is 9.63. The molecule has 0 spiro atoms. The van der Waals surface area contributed by atoms with Crippen molar-refractivity contribution in [2.45, 2.75) is 94.4 Å². The molecule has 2 aromatic rings. The molecule has 0 unspecified atom stereocenters. The van der Waals surface area contributed by atoms with Crippen LogP contribution in [-0.2, 0) is 11.4 Å². The van der Waals surface area contributed by atoms with Crippen molar-refractivity contribution in [3.63, 3.8) is 0 Å². The second-order valence-corrected chi connectivity index (χ2v) is 9.63. The van der Waals surface area contributed by atoms with Crippen LogP contribution in [0.15, 0.2) is 36.4 Å². The molecule has 0 heterocycles. The van der Waals surface area contributed by atoms with Crippen LogP contribution in [0.4, 0.5) is 0 Å². The second-order valence-electron chi connectivity index (χ2n) is 9.63. The van der Waals surface area contributed by atoms with Crippen LogP contribution in [0.25, 0.3) is 10.8 Å². The first kappa shape index (κ1) is 19.3. The first-order chi connectivity index (χ1) is 14.2. The van der Waals surface area contributed by atoms with Gasteiger partial charge < -0.3 is 10.1 Å². The molecule has 0 atom stereocenters. The summed E-state index contributed by atoms with van der Waals surface area (Å²) in [5.74, 6) is 1.01. The summed E-state index contributed by atoms with van der Waals surface area (Å²) in [6.07, 6.45) is 12.8. The molecule has 4 nitrogen and oxygen atoms in total. The predicted molar refractivity (Wildman–Crippen MR) is 115 cm³/mol. The third-order valence-corrected chi connectivity index (χ3v) is 7.77. The van der Waals surface area contributed by atoms with E-state index < -0.39 is 0 Å². The van der Waals surface area contributed by atoms with E-state index in [2.05, 4.69) is 41.7 Å². The van der Waals surface area contributed by atoms with Crippen molar-refractivity contribution in [3.05, 3.63) is 42.0 Å². The molecular formula is C25H33NO3. The Morgan fingerprint density at radius 1 is 0.862 bits per heavy atom. The molecular weight excluding hydrogens is 362 g/mol. The summed E-state index contributed by atoms with van der Waals surface area (Å²) in [6, 6.07) is 13.3. The van der Waals surface area contributed by atoms with Gasteiger partial charge >= 0.3 is 0 Å². The summed E-state index contributed by atoms with van der Waals surface area (Å²) in [4.78, 5) is 4.84. The first-order valence-corrected chi connectivity index (χ1v) is 11.4. The maximum atomic E-state index is 9.24. The third-order valence-electron chi connectivity index (χ3n) is 7.77. The van der Waals surface area contributed by atoms with Gasteiger partial charge in [0.25, 0.3) is 0 Å². The van der Waals surface area contributed by atoms with E-state index in [1.807, 2.05) is 0 Å². The highest BCUT2D eigenvalue weighted by Crippen LogP contribution is 2.48. The summed E-state index contributed by atoms with van der Waals surface area (Å²) < 4.78 is 6.23. The molecule has 4 heteroatoms. The molecule has 4 fully saturated rings. The van der Waals surface area contributed by atoms with Crippen molar-refractivity contribution < 1.29 is 14.9 Å². The number of benzene rings is 2. The minimum absolute atomic E-state index is 0.215. The van der Waals surface area contributed by atoms with Gasteiger partial charge in [-0.1, -0.05) is 24.6 Å². The van der Waals surface area contributed by atoms with E-state index in [4.69, 9.17) is 9.62 Å². The Morgan fingerprint density at radius 2 is 1.55 bits per heavy atom. The third kappa shape index (κ3) is 4.03. The van der Waals surface area contributed by atoms with Crippen LogP contribution in [-0.4, -0.2) is 22.5 Å². The molecule has 29 heavy (non-hydrogen) atoms. The Hall–Kier alpha value is -1.62. The lowest BCUT2D eigenvalue weighted by Crippen LogP contribution is -2.57. The number of hydrogen-bond donors (Lipinski definition) is 2. The molecule has 4 saturated carbocycles. The number of fused-ring (bicyclic) bond motifs is 4. The van der Waals surface area contributed by atoms with Gasteiger partial charge in [-0.05, 0) is 98.7 Å². The Labute approximate surface area is 173 Å². The fourth-order valence-electron chi connectivity index (χ4n) is 5.67. The average molecular weight is 396 g/mol. The number of hydrogen-bond acceptors (Lipinski definition) is 4. The second kappa shape index (κ2) is 7.90. The quantitative estimate of drug-likeness (QED) is 0.467. The van der Waals surface area contributed by atoms with Crippen molar-refractivity contribution in [2.75, 3.05) is 0 Å². The van der Waals surface area contributed by atoms with Crippen molar-refractivity contribution in [2.24, 2.45) is 0 Å². The van der Waals surface area contributed by atoms with Crippen LogP contribution >= 0.6 is 0 Å². The molecule has 6 rings (SSSR count). The van der Waals surface area contributed by atoms with Crippen LogP contribution < -0.4 is 10.1 Å².